The summed E-state index contributed by atoms with van der Waals surface area (Å²) < 4.78 is 60.8. The number of halogens is 4. The molecule has 5 rings (SSSR count). The predicted octanol–water partition coefficient (Wildman–Crippen LogP) is 3.40. The summed E-state index contributed by atoms with van der Waals surface area (Å²) in [6.07, 6.45) is -3.48. The number of ether oxygens (including phenoxy) is 1. The predicted molar refractivity (Wildman–Crippen MR) is 103 cm³/mol. The monoisotopic (exact) mass is 447 g/mol. The van der Waals surface area contributed by atoms with Crippen LogP contribution in [0.25, 0.3) is 11.5 Å². The standard InChI is InChI=1S/C21H17F4N5O2/c1-11-14(3-2-4-15(11)21(23,24)25)20(31)30-13-8-29-18(16-6-5-12(22)7-26-16)27-28-19(29)17(30)10-32-9-13/h2-7,13,17H,8-10H2,1H3. The first-order valence-corrected chi connectivity index (χ1v) is 9.88. The Hall–Kier alpha value is -3.34. The van der Waals surface area contributed by atoms with E-state index in [-0.39, 0.29) is 30.9 Å². The smallest absolute Gasteiger partial charge is 0.377 e. The molecule has 0 spiro atoms. The second-order valence-electron chi connectivity index (χ2n) is 7.75. The highest BCUT2D eigenvalue weighted by Gasteiger charge is 2.45. The van der Waals surface area contributed by atoms with Gasteiger partial charge in [0.05, 0.1) is 31.0 Å². The summed E-state index contributed by atoms with van der Waals surface area (Å²) in [5, 5.41) is 8.38. The lowest BCUT2D eigenvalue weighted by molar-refractivity contribution is -0.138. The van der Waals surface area contributed by atoms with Gasteiger partial charge in [-0.1, -0.05) is 6.07 Å². The molecule has 4 heterocycles. The Kier molecular flexibility index (Phi) is 4.73. The van der Waals surface area contributed by atoms with Gasteiger partial charge >= 0.3 is 6.18 Å². The summed E-state index contributed by atoms with van der Waals surface area (Å²) in [6.45, 7) is 1.92. The van der Waals surface area contributed by atoms with Crippen LogP contribution >= 0.6 is 0 Å². The number of carbonyl (C=O) groups is 1. The number of morpholine rings is 1. The van der Waals surface area contributed by atoms with Crippen molar-refractivity contribution in [1.29, 1.82) is 0 Å². The second-order valence-corrected chi connectivity index (χ2v) is 7.75. The molecule has 1 saturated heterocycles. The minimum atomic E-state index is -4.56. The van der Waals surface area contributed by atoms with Crippen molar-refractivity contribution < 1.29 is 27.1 Å². The van der Waals surface area contributed by atoms with Crippen LogP contribution in [0.3, 0.4) is 0 Å². The lowest BCUT2D eigenvalue weighted by atomic mass is 9.97. The normalized spacial score (nSPS) is 20.2. The largest absolute Gasteiger partial charge is 0.416 e. The van der Waals surface area contributed by atoms with Crippen LogP contribution in [0.2, 0.25) is 0 Å². The number of alkyl halides is 3. The molecule has 2 aromatic heterocycles. The van der Waals surface area contributed by atoms with Crippen LogP contribution in [-0.4, -0.2) is 49.8 Å². The fourth-order valence-corrected chi connectivity index (χ4v) is 4.34. The van der Waals surface area contributed by atoms with Crippen molar-refractivity contribution >= 4 is 5.91 Å². The van der Waals surface area contributed by atoms with Crippen molar-refractivity contribution in [3.8, 4) is 11.5 Å². The molecule has 2 bridgehead atoms. The third-order valence-electron chi connectivity index (χ3n) is 5.85. The Morgan fingerprint density at radius 3 is 2.69 bits per heavy atom. The minimum absolute atomic E-state index is 0.00915. The molecule has 166 valence electrons. The zero-order chi connectivity index (χ0) is 22.6. The van der Waals surface area contributed by atoms with E-state index in [9.17, 15) is 22.4 Å². The molecule has 1 amide bonds. The average Bonchev–Trinajstić information content (AvgIpc) is 3.16. The van der Waals surface area contributed by atoms with Crippen molar-refractivity contribution in [3.63, 3.8) is 0 Å². The fraction of sp³-hybridized carbons (Fsp3) is 0.333. The van der Waals surface area contributed by atoms with Gasteiger partial charge in [-0.25, -0.2) is 9.37 Å². The van der Waals surface area contributed by atoms with Crippen LogP contribution in [0.1, 0.15) is 33.4 Å². The molecule has 32 heavy (non-hydrogen) atoms. The van der Waals surface area contributed by atoms with Gasteiger partial charge < -0.3 is 14.2 Å². The van der Waals surface area contributed by atoms with Gasteiger partial charge in [0.15, 0.2) is 11.6 Å². The molecule has 0 N–H and O–H groups in total. The first-order valence-electron chi connectivity index (χ1n) is 9.88. The summed E-state index contributed by atoms with van der Waals surface area (Å²) in [4.78, 5) is 19.0. The van der Waals surface area contributed by atoms with Crippen molar-refractivity contribution in [3.05, 3.63) is 64.9 Å². The summed E-state index contributed by atoms with van der Waals surface area (Å²) in [5.41, 5.74) is -0.537. The number of carbonyl (C=O) groups excluding carboxylic acids is 1. The van der Waals surface area contributed by atoms with Gasteiger partial charge in [0.1, 0.15) is 17.6 Å². The highest BCUT2D eigenvalue weighted by atomic mass is 19.4. The van der Waals surface area contributed by atoms with Crippen molar-refractivity contribution in [2.45, 2.75) is 31.7 Å². The highest BCUT2D eigenvalue weighted by molar-refractivity contribution is 5.96. The van der Waals surface area contributed by atoms with E-state index >= 15 is 0 Å². The van der Waals surface area contributed by atoms with E-state index in [1.54, 1.807) is 4.57 Å². The summed E-state index contributed by atoms with van der Waals surface area (Å²) in [7, 11) is 0. The van der Waals surface area contributed by atoms with Crippen LogP contribution in [0.15, 0.2) is 36.5 Å². The van der Waals surface area contributed by atoms with E-state index in [2.05, 4.69) is 15.2 Å². The summed E-state index contributed by atoms with van der Waals surface area (Å²) in [6, 6.07) is 5.30. The maximum absolute atomic E-state index is 13.4. The van der Waals surface area contributed by atoms with E-state index in [4.69, 9.17) is 4.74 Å². The maximum atomic E-state index is 13.4. The average molecular weight is 447 g/mol. The molecule has 1 fully saturated rings. The summed E-state index contributed by atoms with van der Waals surface area (Å²) in [5.74, 6) is -0.118. The molecular formula is C21H17F4N5O2. The van der Waals surface area contributed by atoms with Gasteiger partial charge in [-0.15, -0.1) is 10.2 Å². The van der Waals surface area contributed by atoms with Gasteiger partial charge in [-0.2, -0.15) is 13.2 Å². The first-order chi connectivity index (χ1) is 15.3. The van der Waals surface area contributed by atoms with Crippen LogP contribution in [0.4, 0.5) is 17.6 Å². The van der Waals surface area contributed by atoms with Crippen LogP contribution in [0, 0.1) is 12.7 Å². The van der Waals surface area contributed by atoms with E-state index in [0.717, 1.165) is 12.3 Å². The molecule has 0 radical (unpaired) electrons. The Labute approximate surface area is 179 Å². The Morgan fingerprint density at radius 1 is 1.16 bits per heavy atom. The zero-order valence-electron chi connectivity index (χ0n) is 16.8. The number of hydrogen-bond acceptors (Lipinski definition) is 5. The number of rotatable bonds is 2. The van der Waals surface area contributed by atoms with Crippen molar-refractivity contribution in [2.75, 3.05) is 13.2 Å². The Morgan fingerprint density at radius 2 is 1.97 bits per heavy atom. The molecule has 2 unspecified atom stereocenters. The van der Waals surface area contributed by atoms with Gasteiger partial charge in [0.25, 0.3) is 5.91 Å². The molecule has 2 atom stereocenters. The SMILES string of the molecule is Cc1c(C(=O)N2C3COCC2c2nnc(-c4ccc(F)cn4)n2C3)cccc1C(F)(F)F. The number of nitrogens with zero attached hydrogens (tertiary/aromatic N) is 5. The third-order valence-corrected chi connectivity index (χ3v) is 5.85. The number of amides is 1. The van der Waals surface area contributed by atoms with Gasteiger partial charge in [-0.3, -0.25) is 4.79 Å². The number of fused-ring (bicyclic) bond motifs is 4. The molecule has 1 aromatic carbocycles. The van der Waals surface area contributed by atoms with E-state index in [1.165, 1.54) is 36.1 Å². The molecule has 7 nitrogen and oxygen atoms in total. The van der Waals surface area contributed by atoms with Crippen molar-refractivity contribution in [1.82, 2.24) is 24.6 Å². The molecular weight excluding hydrogens is 430 g/mol. The lowest BCUT2D eigenvalue weighted by Gasteiger charge is -2.45. The molecule has 2 aliphatic heterocycles. The molecule has 3 aromatic rings. The lowest BCUT2D eigenvalue weighted by Crippen LogP contribution is -2.56. The third kappa shape index (κ3) is 3.24. The molecule has 0 aliphatic carbocycles. The van der Waals surface area contributed by atoms with Gasteiger partial charge in [0.2, 0.25) is 0 Å². The second kappa shape index (κ2) is 7.37. The van der Waals surface area contributed by atoms with Gasteiger partial charge in [0, 0.05) is 12.1 Å². The summed E-state index contributed by atoms with van der Waals surface area (Å²) >= 11 is 0. The topological polar surface area (TPSA) is 73.1 Å². The van der Waals surface area contributed by atoms with Crippen LogP contribution in [0.5, 0.6) is 0 Å². The quantitative estimate of drug-likeness (QED) is 0.563. The minimum Gasteiger partial charge on any atom is -0.377 e. The van der Waals surface area contributed by atoms with Crippen LogP contribution < -0.4 is 0 Å². The van der Waals surface area contributed by atoms with Crippen molar-refractivity contribution in [2.24, 2.45) is 0 Å². The van der Waals surface area contributed by atoms with E-state index < -0.39 is 35.5 Å². The number of aromatic nitrogens is 4. The number of pyridine rings is 1. The fourth-order valence-electron chi connectivity index (χ4n) is 4.34. The van der Waals surface area contributed by atoms with Crippen LogP contribution in [-0.2, 0) is 17.5 Å². The Bertz CT molecular complexity index is 1190. The highest BCUT2D eigenvalue weighted by Crippen LogP contribution is 2.38. The molecule has 2 aliphatic rings. The molecule has 11 heteroatoms. The number of hydrogen-bond donors (Lipinski definition) is 0. The van der Waals surface area contributed by atoms with E-state index in [1.807, 2.05) is 0 Å². The van der Waals surface area contributed by atoms with E-state index in [0.29, 0.717) is 17.3 Å². The van der Waals surface area contributed by atoms with Gasteiger partial charge in [-0.05, 0) is 36.8 Å². The molecule has 0 saturated carbocycles. The Balaban J connectivity index is 1.54. The maximum Gasteiger partial charge on any atom is 0.416 e. The number of benzene rings is 1. The zero-order valence-corrected chi connectivity index (χ0v) is 16.8. The first kappa shape index (κ1) is 20.6.